The Balaban J connectivity index is 1.53. The van der Waals surface area contributed by atoms with Gasteiger partial charge in [0.15, 0.2) is 11.8 Å². The van der Waals surface area contributed by atoms with Crippen LogP contribution >= 0.6 is 0 Å². The second-order valence-electron chi connectivity index (χ2n) is 24.3. The second-order valence-corrected chi connectivity index (χ2v) is 24.3. The number of carboxylic acids is 1. The van der Waals surface area contributed by atoms with Crippen molar-refractivity contribution < 1.29 is 82.5 Å². The number of aliphatic carboxylic acids is 1. The number of likely N-dealkylation sites (N-methyl/N-ethyl adjacent to an activating group) is 2. The number of ether oxygens (including phenoxy) is 4. The first-order valence-electron chi connectivity index (χ1n) is 29.3. The molecule has 2 saturated heterocycles. The van der Waals surface area contributed by atoms with Crippen molar-refractivity contribution in [3.8, 4) is 5.75 Å². The van der Waals surface area contributed by atoms with Crippen LogP contribution in [-0.2, 0) is 60.7 Å². The number of likely N-dealkylation sites (tertiary alicyclic amines) is 1. The summed E-state index contributed by atoms with van der Waals surface area (Å²) < 4.78 is 23.9. The molecule has 0 saturated carbocycles. The quantitative estimate of drug-likeness (QED) is 0.0499. The third kappa shape index (κ3) is 18.9. The fraction of sp³-hybridized carbons (Fsp3) is 0.694. The summed E-state index contributed by atoms with van der Waals surface area (Å²) in [5.41, 5.74) is 1.86. The minimum atomic E-state index is -1.62. The van der Waals surface area contributed by atoms with E-state index < -0.39 is 78.7 Å². The molecule has 2 fully saturated rings. The van der Waals surface area contributed by atoms with Gasteiger partial charge in [-0.2, -0.15) is 0 Å². The van der Waals surface area contributed by atoms with E-state index in [4.69, 9.17) is 24.1 Å². The van der Waals surface area contributed by atoms with E-state index >= 15 is 4.79 Å². The van der Waals surface area contributed by atoms with Crippen LogP contribution in [0, 0.1) is 35.5 Å². The van der Waals surface area contributed by atoms with Gasteiger partial charge < -0.3 is 64.1 Å². The lowest BCUT2D eigenvalue weighted by atomic mass is 9.83. The first-order chi connectivity index (χ1) is 38.6. The average molecular weight is 1150 g/mol. The number of hydrogen-bond donors (Lipinski definition) is 6. The number of carbonyl (C=O) groups excluding carboxylic acids is 6. The highest BCUT2D eigenvalue weighted by atomic mass is 16.7. The Morgan fingerprint density at radius 3 is 2.10 bits per heavy atom. The van der Waals surface area contributed by atoms with Crippen molar-refractivity contribution in [3.05, 3.63) is 65.2 Å². The van der Waals surface area contributed by atoms with E-state index in [1.54, 1.807) is 42.2 Å². The first kappa shape index (κ1) is 69.3. The molecule has 3 amide bonds. The molecule has 2 aliphatic heterocycles. The maximum atomic E-state index is 15.0. The fourth-order valence-electron chi connectivity index (χ4n) is 12.2. The van der Waals surface area contributed by atoms with Crippen molar-refractivity contribution in [1.29, 1.82) is 0 Å². The molecule has 2 aliphatic rings. The van der Waals surface area contributed by atoms with Crippen LogP contribution in [0.5, 0.6) is 5.75 Å². The van der Waals surface area contributed by atoms with E-state index in [-0.39, 0.29) is 127 Å². The number of aliphatic hydroxyl groups excluding tert-OH is 4. The number of amides is 3. The largest absolute Gasteiger partial charge is 0.481 e. The van der Waals surface area contributed by atoms with Crippen molar-refractivity contribution >= 4 is 41.0 Å². The van der Waals surface area contributed by atoms with Crippen LogP contribution in [0.15, 0.2) is 48.5 Å². The van der Waals surface area contributed by atoms with Gasteiger partial charge in [0.25, 0.3) is 0 Å². The maximum absolute atomic E-state index is 15.0. The lowest BCUT2D eigenvalue weighted by Gasteiger charge is -2.42. The zero-order valence-corrected chi connectivity index (χ0v) is 50.8. The van der Waals surface area contributed by atoms with Crippen LogP contribution in [-0.4, -0.2) is 191 Å². The molecule has 0 unspecified atom stereocenters. The lowest BCUT2D eigenvalue weighted by Crippen LogP contribution is -2.56. The van der Waals surface area contributed by atoms with E-state index in [1.807, 2.05) is 99.8 Å². The number of Topliss-reactive ketones (excluding diaryl/α,β-unsaturated/α-hetero) is 3. The number of carboxylic acid groups (broad SMARTS) is 1. The molecule has 82 heavy (non-hydrogen) atoms. The monoisotopic (exact) mass is 1150 g/mol. The summed E-state index contributed by atoms with van der Waals surface area (Å²) in [6.45, 7) is 15.9. The van der Waals surface area contributed by atoms with Crippen molar-refractivity contribution in [3.63, 3.8) is 0 Å². The molecule has 2 aromatic carbocycles. The van der Waals surface area contributed by atoms with E-state index in [1.165, 1.54) is 7.11 Å². The standard InChI is InChI=1S/C62H96N4O16/c1-14-38(6)55(51(79-12)33-53(72)65-28-18-21-46(65)60(80-13)40(8)47(68)29-39(7)57(75)42-19-16-15-17-20-42)64(9)61(78)45(36(2)3)32-48(69)56(37(4)5)66(10,11)34-41-22-23-50(82-62-59(77)58(76)49(70)35-81-62)43(30-41)31-44(67)26-27-63-52(71)24-25-54(73)74/h15-17,19-20,22-23,30,36-40,45-46,49,51,55-60,62,70,75-77H,14,18,21,24-29,31-35H2,1-13H3,(H-,63,71,73,74)/p+1/t38-,39-,40-,45-,46-,49+,51+,55-,56-,57+,58-,59+,60+,62-/m0/s1. The van der Waals surface area contributed by atoms with Gasteiger partial charge in [-0.25, -0.2) is 0 Å². The van der Waals surface area contributed by atoms with Gasteiger partial charge in [0.1, 0.15) is 42.2 Å². The van der Waals surface area contributed by atoms with Crippen molar-refractivity contribution in [1.82, 2.24) is 15.1 Å². The predicted molar refractivity (Wildman–Crippen MR) is 307 cm³/mol. The van der Waals surface area contributed by atoms with E-state index in [9.17, 15) is 49.2 Å². The fourth-order valence-corrected chi connectivity index (χ4v) is 12.2. The molecule has 14 atom stereocenters. The molecular weight excluding hydrogens is 1060 g/mol. The van der Waals surface area contributed by atoms with Crippen LogP contribution in [0.1, 0.15) is 136 Å². The van der Waals surface area contributed by atoms with Gasteiger partial charge >= 0.3 is 5.97 Å². The number of nitrogens with zero attached hydrogens (tertiary/aromatic N) is 3. The zero-order valence-electron chi connectivity index (χ0n) is 50.8. The summed E-state index contributed by atoms with van der Waals surface area (Å²) in [6.07, 6.45) is -6.80. The molecule has 20 nitrogen and oxygen atoms in total. The lowest BCUT2D eigenvalue weighted by molar-refractivity contribution is -0.922. The van der Waals surface area contributed by atoms with Gasteiger partial charge in [-0.1, -0.05) is 92.1 Å². The number of benzene rings is 2. The number of rotatable bonds is 34. The highest BCUT2D eigenvalue weighted by Gasteiger charge is 2.45. The number of nitrogens with one attached hydrogen (secondary N) is 1. The maximum Gasteiger partial charge on any atom is 0.303 e. The summed E-state index contributed by atoms with van der Waals surface area (Å²) >= 11 is 0. The summed E-state index contributed by atoms with van der Waals surface area (Å²) in [5.74, 6) is -4.56. The number of carbonyl (C=O) groups is 7. The highest BCUT2D eigenvalue weighted by Crippen LogP contribution is 2.35. The van der Waals surface area contributed by atoms with Crippen LogP contribution in [0.2, 0.25) is 0 Å². The molecule has 2 aromatic rings. The number of aliphatic hydroxyl groups is 4. The topological polar surface area (TPSA) is 276 Å². The number of ketones is 3. The van der Waals surface area contributed by atoms with Gasteiger partial charge in [-0.15, -0.1) is 0 Å². The highest BCUT2D eigenvalue weighted by molar-refractivity contribution is 5.90. The van der Waals surface area contributed by atoms with Gasteiger partial charge in [-0.3, -0.25) is 33.6 Å². The van der Waals surface area contributed by atoms with E-state index in [0.717, 1.165) is 17.5 Å². The van der Waals surface area contributed by atoms with Gasteiger partial charge in [0, 0.05) is 95.3 Å². The van der Waals surface area contributed by atoms with Gasteiger partial charge in [0.2, 0.25) is 24.0 Å². The molecule has 4 rings (SSSR count). The molecule has 20 heteroatoms. The summed E-state index contributed by atoms with van der Waals surface area (Å²) in [6, 6.07) is 12.8. The minimum Gasteiger partial charge on any atom is -0.481 e. The Hall–Kier alpha value is -5.19. The average Bonchev–Trinajstić information content (AvgIpc) is 4.04. The Labute approximate surface area is 485 Å². The Bertz CT molecular complexity index is 2420. The smallest absolute Gasteiger partial charge is 0.303 e. The van der Waals surface area contributed by atoms with Crippen LogP contribution in [0.25, 0.3) is 0 Å². The van der Waals surface area contributed by atoms with Crippen LogP contribution in [0.4, 0.5) is 0 Å². The Morgan fingerprint density at radius 1 is 0.829 bits per heavy atom. The third-order valence-corrected chi connectivity index (χ3v) is 16.9. The molecule has 0 aromatic heterocycles. The first-order valence-corrected chi connectivity index (χ1v) is 29.3. The normalized spacial score (nSPS) is 21.8. The number of quaternary nitrogens is 1. The van der Waals surface area contributed by atoms with Gasteiger partial charge in [0.05, 0.1) is 63.9 Å². The van der Waals surface area contributed by atoms with Crippen molar-refractivity contribution in [2.75, 3.05) is 55.1 Å². The Kier molecular flexibility index (Phi) is 27.2. The van der Waals surface area contributed by atoms with Crippen LogP contribution in [0.3, 0.4) is 0 Å². The van der Waals surface area contributed by atoms with E-state index in [2.05, 4.69) is 5.32 Å². The molecular formula is C62H97N4O16+. The number of hydrogen-bond acceptors (Lipinski definition) is 15. The Morgan fingerprint density at radius 2 is 1.50 bits per heavy atom. The minimum absolute atomic E-state index is 0.0333. The molecule has 2 heterocycles. The summed E-state index contributed by atoms with van der Waals surface area (Å²) in [4.78, 5) is 98.3. The molecule has 6 N–H and O–H groups in total. The molecule has 0 bridgehead atoms. The van der Waals surface area contributed by atoms with Crippen molar-refractivity contribution in [2.45, 2.75) is 187 Å². The molecule has 0 spiro atoms. The van der Waals surface area contributed by atoms with Gasteiger partial charge in [-0.05, 0) is 54.4 Å². The molecule has 0 aliphatic carbocycles. The molecule has 0 radical (unpaired) electrons. The summed E-state index contributed by atoms with van der Waals surface area (Å²) in [7, 11) is 8.68. The zero-order chi connectivity index (χ0) is 61.3. The van der Waals surface area contributed by atoms with Crippen molar-refractivity contribution in [2.24, 2.45) is 35.5 Å². The predicted octanol–water partition coefficient (Wildman–Crippen LogP) is 5.07. The third-order valence-electron chi connectivity index (χ3n) is 16.9. The SMILES string of the molecule is CC[C@H](C)[C@@H]([C@@H](CC(=O)N1CCC[C@H]1[C@H](OC)[C@@H](C)C(=O)C[C@H](C)[C@@H](O)c1ccccc1)OC)N(C)C(=O)[C@@H](CC(=O)[C@H](C(C)C)[N+](C)(C)Cc1ccc(O[C@@H]2OC[C@@H](O)[C@H](O)[C@H]2O)c(CC(=O)CCNC(=O)CCC(=O)O)c1)C(C)C. The van der Waals surface area contributed by atoms with E-state index in [0.29, 0.717) is 31.5 Å². The van der Waals surface area contributed by atoms with Crippen LogP contribution < -0.4 is 10.1 Å². The molecule has 460 valence electrons. The summed E-state index contributed by atoms with van der Waals surface area (Å²) in [5, 5.41) is 53.6. The number of methoxy groups -OCH3 is 2. The second kappa shape index (κ2) is 32.2.